The first kappa shape index (κ1) is 6.94. The van der Waals surface area contributed by atoms with Crippen molar-refractivity contribution in [3.8, 4) is 12.3 Å². The minimum Gasteiger partial charge on any atom is -0.147 e. The van der Waals surface area contributed by atoms with Crippen LogP contribution in [0.1, 0.15) is 29.2 Å². The molecule has 1 heteroatoms. The zero-order valence-electron chi connectivity index (χ0n) is 6.34. The maximum Gasteiger partial charge on any atom is 0.0546 e. The van der Waals surface area contributed by atoms with Crippen molar-refractivity contribution in [3.63, 3.8) is 0 Å². The first-order valence-electron chi connectivity index (χ1n) is 3.94. The molecule has 0 spiro atoms. The fourth-order valence-corrected chi connectivity index (χ4v) is 2.70. The lowest BCUT2D eigenvalue weighted by atomic mass is 9.90. The van der Waals surface area contributed by atoms with Crippen LogP contribution in [-0.2, 0) is 6.42 Å². The summed E-state index contributed by atoms with van der Waals surface area (Å²) in [6.45, 7) is 0. The van der Waals surface area contributed by atoms with Gasteiger partial charge in [-0.1, -0.05) is 5.92 Å². The Kier molecular flexibility index (Phi) is 1.71. The minimum absolute atomic E-state index is 0.416. The second-order valence-corrected chi connectivity index (χ2v) is 3.87. The van der Waals surface area contributed by atoms with Crippen LogP contribution in [0.5, 0.6) is 0 Å². The standard InChI is InChI=1S/C10H10S/c1-2-8-4-3-5-9-6-7-11-10(8)9/h1,6-8H,3-5H2. The smallest absolute Gasteiger partial charge is 0.0546 e. The van der Waals surface area contributed by atoms with E-state index in [0.29, 0.717) is 5.92 Å². The van der Waals surface area contributed by atoms with E-state index in [1.165, 1.54) is 29.7 Å². The normalized spacial score (nSPS) is 22.3. The van der Waals surface area contributed by atoms with Gasteiger partial charge in [0, 0.05) is 4.88 Å². The molecule has 0 N–H and O–H groups in total. The fraction of sp³-hybridized carbons (Fsp3) is 0.400. The monoisotopic (exact) mass is 162 g/mol. The van der Waals surface area contributed by atoms with Crippen LogP contribution in [0, 0.1) is 12.3 Å². The van der Waals surface area contributed by atoms with Gasteiger partial charge in [-0.2, -0.15) is 0 Å². The molecule has 1 aromatic heterocycles. The highest BCUT2D eigenvalue weighted by Crippen LogP contribution is 2.34. The third-order valence-corrected chi connectivity index (χ3v) is 3.31. The summed E-state index contributed by atoms with van der Waals surface area (Å²) in [4.78, 5) is 1.44. The molecule has 1 aliphatic rings. The molecule has 1 unspecified atom stereocenters. The van der Waals surface area contributed by atoms with Crippen molar-refractivity contribution in [3.05, 3.63) is 21.9 Å². The van der Waals surface area contributed by atoms with Gasteiger partial charge in [0.1, 0.15) is 0 Å². The summed E-state index contributed by atoms with van der Waals surface area (Å²) in [7, 11) is 0. The average molecular weight is 162 g/mol. The Morgan fingerprint density at radius 1 is 1.64 bits per heavy atom. The molecule has 0 fully saturated rings. The number of hydrogen-bond donors (Lipinski definition) is 0. The van der Waals surface area contributed by atoms with E-state index in [0.717, 1.165) is 0 Å². The van der Waals surface area contributed by atoms with E-state index in [9.17, 15) is 0 Å². The van der Waals surface area contributed by atoms with Crippen molar-refractivity contribution in [2.24, 2.45) is 0 Å². The molecule has 0 bridgehead atoms. The van der Waals surface area contributed by atoms with E-state index >= 15 is 0 Å². The highest BCUT2D eigenvalue weighted by atomic mass is 32.1. The molecule has 1 aromatic rings. The molecule has 56 valence electrons. The second-order valence-electron chi connectivity index (χ2n) is 2.92. The van der Waals surface area contributed by atoms with E-state index in [1.807, 2.05) is 11.3 Å². The Balaban J connectivity index is 2.41. The van der Waals surface area contributed by atoms with Crippen molar-refractivity contribution in [1.29, 1.82) is 0 Å². The van der Waals surface area contributed by atoms with Gasteiger partial charge in [0.05, 0.1) is 5.92 Å². The van der Waals surface area contributed by atoms with Gasteiger partial charge < -0.3 is 0 Å². The van der Waals surface area contributed by atoms with Crippen LogP contribution < -0.4 is 0 Å². The number of terminal acetylenes is 1. The maximum absolute atomic E-state index is 5.43. The summed E-state index contributed by atoms with van der Waals surface area (Å²) in [5.74, 6) is 3.27. The zero-order valence-corrected chi connectivity index (χ0v) is 7.16. The molecular weight excluding hydrogens is 152 g/mol. The molecule has 1 atom stereocenters. The average Bonchev–Trinajstić information content (AvgIpc) is 2.50. The van der Waals surface area contributed by atoms with Gasteiger partial charge in [-0.3, -0.25) is 0 Å². The van der Waals surface area contributed by atoms with Crippen molar-refractivity contribution in [2.45, 2.75) is 25.2 Å². The summed E-state index contributed by atoms with van der Waals surface area (Å²) < 4.78 is 0. The molecule has 1 aliphatic carbocycles. The first-order chi connectivity index (χ1) is 5.42. The number of hydrogen-bond acceptors (Lipinski definition) is 1. The van der Waals surface area contributed by atoms with Crippen molar-refractivity contribution >= 4 is 11.3 Å². The number of rotatable bonds is 0. The molecule has 0 amide bonds. The molecule has 0 radical (unpaired) electrons. The van der Waals surface area contributed by atoms with Crippen LogP contribution in [0.25, 0.3) is 0 Å². The SMILES string of the molecule is C#CC1CCCc2ccsc21. The lowest BCUT2D eigenvalue weighted by molar-refractivity contribution is 0.653. The van der Waals surface area contributed by atoms with Gasteiger partial charge in [0.25, 0.3) is 0 Å². The van der Waals surface area contributed by atoms with Crippen LogP contribution in [0.15, 0.2) is 11.4 Å². The van der Waals surface area contributed by atoms with Crippen LogP contribution in [0.4, 0.5) is 0 Å². The van der Waals surface area contributed by atoms with E-state index < -0.39 is 0 Å². The van der Waals surface area contributed by atoms with Gasteiger partial charge in [-0.15, -0.1) is 17.8 Å². The summed E-state index contributed by atoms with van der Waals surface area (Å²) in [5, 5.41) is 2.15. The largest absolute Gasteiger partial charge is 0.147 e. The molecular formula is C10H10S. The summed E-state index contributed by atoms with van der Waals surface area (Å²) >= 11 is 1.82. The van der Waals surface area contributed by atoms with E-state index in [1.54, 1.807) is 0 Å². The number of aryl methyl sites for hydroxylation is 1. The van der Waals surface area contributed by atoms with Gasteiger partial charge in [0.15, 0.2) is 0 Å². The molecule has 0 saturated heterocycles. The lowest BCUT2D eigenvalue weighted by Gasteiger charge is -2.16. The Morgan fingerprint density at radius 2 is 2.55 bits per heavy atom. The van der Waals surface area contributed by atoms with Crippen molar-refractivity contribution in [2.75, 3.05) is 0 Å². The molecule has 0 saturated carbocycles. The summed E-state index contributed by atoms with van der Waals surface area (Å²) in [5.41, 5.74) is 1.49. The van der Waals surface area contributed by atoms with Crippen molar-refractivity contribution in [1.82, 2.24) is 0 Å². The predicted molar refractivity (Wildman–Crippen MR) is 48.8 cm³/mol. The molecule has 0 aromatic carbocycles. The van der Waals surface area contributed by atoms with Crippen LogP contribution in [0.2, 0.25) is 0 Å². The minimum atomic E-state index is 0.416. The number of fused-ring (bicyclic) bond motifs is 1. The molecule has 2 rings (SSSR count). The second kappa shape index (κ2) is 2.71. The Labute approximate surface area is 71.3 Å². The molecule has 0 nitrogen and oxygen atoms in total. The van der Waals surface area contributed by atoms with Crippen molar-refractivity contribution < 1.29 is 0 Å². The first-order valence-corrected chi connectivity index (χ1v) is 4.82. The Hall–Kier alpha value is -0.740. The lowest BCUT2D eigenvalue weighted by Crippen LogP contribution is -2.03. The van der Waals surface area contributed by atoms with Crippen LogP contribution >= 0.6 is 11.3 Å². The maximum atomic E-state index is 5.43. The van der Waals surface area contributed by atoms with Gasteiger partial charge in [-0.25, -0.2) is 0 Å². The molecule has 11 heavy (non-hydrogen) atoms. The van der Waals surface area contributed by atoms with E-state index in [2.05, 4.69) is 17.4 Å². The zero-order chi connectivity index (χ0) is 7.68. The van der Waals surface area contributed by atoms with E-state index in [4.69, 9.17) is 6.42 Å². The Morgan fingerprint density at radius 3 is 3.36 bits per heavy atom. The van der Waals surface area contributed by atoms with Gasteiger partial charge in [-0.05, 0) is 36.3 Å². The Bertz CT molecular complexity index is 290. The highest BCUT2D eigenvalue weighted by Gasteiger charge is 2.18. The fourth-order valence-electron chi connectivity index (χ4n) is 1.65. The van der Waals surface area contributed by atoms with E-state index in [-0.39, 0.29) is 0 Å². The third-order valence-electron chi connectivity index (χ3n) is 2.24. The topological polar surface area (TPSA) is 0 Å². The number of thiophene rings is 1. The summed E-state index contributed by atoms with van der Waals surface area (Å²) in [6.07, 6.45) is 9.11. The third kappa shape index (κ3) is 1.08. The molecule has 1 heterocycles. The molecule has 0 aliphatic heterocycles. The highest BCUT2D eigenvalue weighted by molar-refractivity contribution is 7.10. The van der Waals surface area contributed by atoms with Crippen LogP contribution in [-0.4, -0.2) is 0 Å². The summed E-state index contributed by atoms with van der Waals surface area (Å²) in [6, 6.07) is 2.21. The quantitative estimate of drug-likeness (QED) is 0.515. The van der Waals surface area contributed by atoms with Gasteiger partial charge >= 0.3 is 0 Å². The van der Waals surface area contributed by atoms with Gasteiger partial charge in [0.2, 0.25) is 0 Å². The van der Waals surface area contributed by atoms with Crippen LogP contribution in [0.3, 0.4) is 0 Å². The predicted octanol–water partition coefficient (Wildman–Crippen LogP) is 2.80.